The minimum Gasteiger partial charge on any atom is -0.493 e. The smallest absolute Gasteiger partial charge is 0.271 e. The molecule has 0 spiro atoms. The predicted octanol–water partition coefficient (Wildman–Crippen LogP) is 1.52. The average Bonchev–Trinajstić information content (AvgIpc) is 2.60. The first-order chi connectivity index (χ1) is 12.3. The van der Waals surface area contributed by atoms with E-state index >= 15 is 0 Å². The van der Waals surface area contributed by atoms with Crippen molar-refractivity contribution >= 4 is 27.3 Å². The van der Waals surface area contributed by atoms with Crippen molar-refractivity contribution in [3.8, 4) is 11.5 Å². The Balaban J connectivity index is 2.06. The van der Waals surface area contributed by atoms with Gasteiger partial charge in [0.15, 0.2) is 17.2 Å². The number of hydrogen-bond donors (Lipinski definition) is 1. The molecule has 140 valence electrons. The zero-order chi connectivity index (χ0) is 19.3. The first-order valence-electron chi connectivity index (χ1n) is 7.48. The number of benzene rings is 1. The fourth-order valence-electron chi connectivity index (χ4n) is 2.13. The van der Waals surface area contributed by atoms with Gasteiger partial charge in [-0.1, -0.05) is 17.7 Å². The number of amides is 1. The Morgan fingerprint density at radius 3 is 2.54 bits per heavy atom. The SMILES string of the molecule is COc1ccc(CCNC(=O)c2nc(S(C)(=O)=O)ncc2Cl)cc1OC. The monoisotopic (exact) mass is 399 g/mol. The highest BCUT2D eigenvalue weighted by atomic mass is 35.5. The number of carbonyl (C=O) groups is 1. The largest absolute Gasteiger partial charge is 0.493 e. The van der Waals surface area contributed by atoms with E-state index in [1.54, 1.807) is 20.3 Å². The van der Waals surface area contributed by atoms with Gasteiger partial charge in [0, 0.05) is 12.8 Å². The summed E-state index contributed by atoms with van der Waals surface area (Å²) in [5, 5.41) is 2.17. The highest BCUT2D eigenvalue weighted by Crippen LogP contribution is 2.27. The third-order valence-corrected chi connectivity index (χ3v) is 4.55. The lowest BCUT2D eigenvalue weighted by atomic mass is 10.1. The van der Waals surface area contributed by atoms with Crippen LogP contribution in [0.3, 0.4) is 0 Å². The lowest BCUT2D eigenvalue weighted by molar-refractivity contribution is 0.0948. The molecule has 10 heteroatoms. The number of halogens is 1. The first-order valence-corrected chi connectivity index (χ1v) is 9.75. The third kappa shape index (κ3) is 4.83. The molecule has 0 aliphatic rings. The van der Waals surface area contributed by atoms with Crippen LogP contribution in [0.1, 0.15) is 16.1 Å². The number of hydrogen-bond acceptors (Lipinski definition) is 7. The molecule has 0 aliphatic heterocycles. The zero-order valence-corrected chi connectivity index (χ0v) is 16.0. The van der Waals surface area contributed by atoms with Crippen LogP contribution in [0.4, 0.5) is 0 Å². The van der Waals surface area contributed by atoms with Crippen molar-refractivity contribution in [2.24, 2.45) is 0 Å². The Morgan fingerprint density at radius 1 is 1.23 bits per heavy atom. The zero-order valence-electron chi connectivity index (χ0n) is 14.4. The minimum absolute atomic E-state index is 0.0268. The van der Waals surface area contributed by atoms with Gasteiger partial charge in [0.2, 0.25) is 15.0 Å². The molecule has 0 saturated heterocycles. The number of nitrogens with one attached hydrogen (secondary N) is 1. The molecule has 0 atom stereocenters. The van der Waals surface area contributed by atoms with Crippen molar-refractivity contribution in [3.05, 3.63) is 40.7 Å². The standard InChI is InChI=1S/C16H18ClN3O5S/c1-24-12-5-4-10(8-13(12)25-2)6-7-18-15(21)14-11(17)9-19-16(20-14)26(3,22)23/h4-5,8-9H,6-7H2,1-3H3,(H,18,21). The molecule has 0 unspecified atom stereocenters. The average molecular weight is 400 g/mol. The van der Waals surface area contributed by atoms with Crippen LogP contribution in [0.5, 0.6) is 11.5 Å². The summed E-state index contributed by atoms with van der Waals surface area (Å²) in [4.78, 5) is 19.6. The molecule has 26 heavy (non-hydrogen) atoms. The normalized spacial score (nSPS) is 11.1. The third-order valence-electron chi connectivity index (χ3n) is 3.42. The van der Waals surface area contributed by atoms with Crippen molar-refractivity contribution in [1.82, 2.24) is 15.3 Å². The number of nitrogens with zero attached hydrogens (tertiary/aromatic N) is 2. The van der Waals surface area contributed by atoms with E-state index < -0.39 is 20.9 Å². The molecule has 1 heterocycles. The summed E-state index contributed by atoms with van der Waals surface area (Å²) in [6, 6.07) is 5.44. The maximum Gasteiger partial charge on any atom is 0.271 e. The molecule has 0 fully saturated rings. The van der Waals surface area contributed by atoms with Gasteiger partial charge in [0.25, 0.3) is 5.91 Å². The Morgan fingerprint density at radius 2 is 1.92 bits per heavy atom. The van der Waals surface area contributed by atoms with Gasteiger partial charge in [-0.05, 0) is 24.1 Å². The summed E-state index contributed by atoms with van der Waals surface area (Å²) in [6.07, 6.45) is 2.57. The lowest BCUT2D eigenvalue weighted by Gasteiger charge is -2.10. The fraction of sp³-hybridized carbons (Fsp3) is 0.312. The molecule has 0 bridgehead atoms. The number of carbonyl (C=O) groups excluding carboxylic acids is 1. The second kappa shape index (κ2) is 8.33. The van der Waals surface area contributed by atoms with E-state index in [1.165, 1.54) is 0 Å². The van der Waals surface area contributed by atoms with Crippen molar-refractivity contribution in [1.29, 1.82) is 0 Å². The number of methoxy groups -OCH3 is 2. The van der Waals surface area contributed by atoms with E-state index in [2.05, 4.69) is 15.3 Å². The Kier molecular flexibility index (Phi) is 6.38. The summed E-state index contributed by atoms with van der Waals surface area (Å²) in [6.45, 7) is 0.295. The number of aromatic nitrogens is 2. The highest BCUT2D eigenvalue weighted by Gasteiger charge is 2.18. The topological polar surface area (TPSA) is 107 Å². The second-order valence-electron chi connectivity index (χ2n) is 5.32. The van der Waals surface area contributed by atoms with Crippen molar-refractivity contribution in [3.63, 3.8) is 0 Å². The molecule has 2 rings (SSSR count). The fourth-order valence-corrected chi connectivity index (χ4v) is 2.81. The van der Waals surface area contributed by atoms with Crippen LogP contribution >= 0.6 is 11.6 Å². The van der Waals surface area contributed by atoms with Crippen LogP contribution in [0, 0.1) is 0 Å². The summed E-state index contributed by atoms with van der Waals surface area (Å²) < 4.78 is 33.4. The molecule has 0 aliphatic carbocycles. The van der Waals surface area contributed by atoms with Crippen LogP contribution < -0.4 is 14.8 Å². The van der Waals surface area contributed by atoms with Gasteiger partial charge in [-0.3, -0.25) is 4.79 Å². The van der Waals surface area contributed by atoms with Gasteiger partial charge < -0.3 is 14.8 Å². The quantitative estimate of drug-likeness (QED) is 0.703. The maximum atomic E-state index is 12.2. The van der Waals surface area contributed by atoms with E-state index in [-0.39, 0.29) is 10.7 Å². The van der Waals surface area contributed by atoms with E-state index in [9.17, 15) is 13.2 Å². The van der Waals surface area contributed by atoms with Gasteiger partial charge in [-0.15, -0.1) is 0 Å². The molecule has 1 aromatic carbocycles. The van der Waals surface area contributed by atoms with E-state index in [0.717, 1.165) is 18.0 Å². The van der Waals surface area contributed by atoms with Crippen LogP contribution in [0.2, 0.25) is 5.02 Å². The second-order valence-corrected chi connectivity index (χ2v) is 7.63. The molecule has 2 aromatic rings. The molecular formula is C16H18ClN3O5S. The Labute approximate surface area is 156 Å². The first kappa shape index (κ1) is 19.9. The van der Waals surface area contributed by atoms with Crippen molar-refractivity contribution in [2.45, 2.75) is 11.6 Å². The Hall–Kier alpha value is -2.39. The van der Waals surface area contributed by atoms with Crippen molar-refractivity contribution < 1.29 is 22.7 Å². The Bertz CT molecular complexity index is 918. The van der Waals surface area contributed by atoms with Gasteiger partial charge in [0.05, 0.1) is 25.4 Å². The van der Waals surface area contributed by atoms with Crippen LogP contribution in [-0.2, 0) is 16.3 Å². The van der Waals surface area contributed by atoms with Crippen LogP contribution in [0.15, 0.2) is 29.6 Å². The minimum atomic E-state index is -3.64. The number of ether oxygens (including phenoxy) is 2. The molecule has 8 nitrogen and oxygen atoms in total. The highest BCUT2D eigenvalue weighted by molar-refractivity contribution is 7.90. The molecular weight excluding hydrogens is 382 g/mol. The van der Waals surface area contributed by atoms with Crippen molar-refractivity contribution in [2.75, 3.05) is 27.0 Å². The summed E-state index contributed by atoms with van der Waals surface area (Å²) in [5.41, 5.74) is 0.739. The summed E-state index contributed by atoms with van der Waals surface area (Å²) in [7, 11) is -0.549. The summed E-state index contributed by atoms with van der Waals surface area (Å²) >= 11 is 5.90. The molecule has 1 aromatic heterocycles. The van der Waals surface area contributed by atoms with E-state index in [1.807, 2.05) is 12.1 Å². The van der Waals surface area contributed by atoms with Gasteiger partial charge in [-0.2, -0.15) is 0 Å². The number of rotatable bonds is 7. The van der Waals surface area contributed by atoms with E-state index in [0.29, 0.717) is 24.5 Å². The van der Waals surface area contributed by atoms with Gasteiger partial charge >= 0.3 is 0 Å². The predicted molar refractivity (Wildman–Crippen MR) is 95.7 cm³/mol. The van der Waals surface area contributed by atoms with Gasteiger partial charge in [0.1, 0.15) is 0 Å². The molecule has 1 amide bonds. The summed E-state index contributed by atoms with van der Waals surface area (Å²) in [5.74, 6) is 0.622. The van der Waals surface area contributed by atoms with Crippen LogP contribution in [-0.4, -0.2) is 51.3 Å². The number of sulfone groups is 1. The molecule has 1 N–H and O–H groups in total. The van der Waals surface area contributed by atoms with Crippen LogP contribution in [0.25, 0.3) is 0 Å². The van der Waals surface area contributed by atoms with Gasteiger partial charge in [-0.25, -0.2) is 18.4 Å². The van der Waals surface area contributed by atoms with E-state index in [4.69, 9.17) is 21.1 Å². The lowest BCUT2D eigenvalue weighted by Crippen LogP contribution is -2.27. The maximum absolute atomic E-state index is 12.2. The molecule has 0 saturated carbocycles. The molecule has 0 radical (unpaired) electrons.